The van der Waals surface area contributed by atoms with Gasteiger partial charge < -0.3 is 15.2 Å². The van der Waals surface area contributed by atoms with Gasteiger partial charge in [-0.2, -0.15) is 0 Å². The van der Waals surface area contributed by atoms with E-state index in [9.17, 15) is 0 Å². The van der Waals surface area contributed by atoms with Crippen LogP contribution in [-0.4, -0.2) is 41.7 Å². The van der Waals surface area contributed by atoms with Gasteiger partial charge in [-0.3, -0.25) is 4.90 Å². The first-order valence-electron chi connectivity index (χ1n) is 9.04. The van der Waals surface area contributed by atoms with Gasteiger partial charge in [0.2, 0.25) is 0 Å². The van der Waals surface area contributed by atoms with Gasteiger partial charge in [-0.25, -0.2) is 4.99 Å². The van der Waals surface area contributed by atoms with Crippen molar-refractivity contribution < 1.29 is 4.52 Å². The lowest BCUT2D eigenvalue weighted by atomic mass is 10.0. The third-order valence-corrected chi connectivity index (χ3v) is 4.41. The highest BCUT2D eigenvalue weighted by Crippen LogP contribution is 2.13. The van der Waals surface area contributed by atoms with Crippen LogP contribution in [0.1, 0.15) is 31.0 Å². The van der Waals surface area contributed by atoms with Crippen LogP contribution in [0.15, 0.2) is 52.2 Å². The van der Waals surface area contributed by atoms with Crippen LogP contribution in [0.2, 0.25) is 0 Å². The molecular weight excluding hydrogens is 314 g/mol. The largest absolute Gasteiger partial charge is 0.364 e. The van der Waals surface area contributed by atoms with Crippen LogP contribution in [0, 0.1) is 0 Å². The minimum Gasteiger partial charge on any atom is -0.364 e. The molecule has 0 radical (unpaired) electrons. The van der Waals surface area contributed by atoms with E-state index in [1.54, 1.807) is 6.26 Å². The predicted octanol–water partition coefficient (Wildman–Crippen LogP) is 2.39. The summed E-state index contributed by atoms with van der Waals surface area (Å²) in [5.74, 6) is 0.854. The van der Waals surface area contributed by atoms with Crippen molar-refractivity contribution in [2.24, 2.45) is 4.99 Å². The summed E-state index contributed by atoms with van der Waals surface area (Å²) >= 11 is 0. The Morgan fingerprint density at radius 1 is 1.24 bits per heavy atom. The Kier molecular flexibility index (Phi) is 6.45. The zero-order valence-electron chi connectivity index (χ0n) is 14.8. The molecule has 1 aromatic carbocycles. The molecule has 0 saturated carbocycles. The molecule has 3 rings (SSSR count). The number of benzene rings is 1. The molecule has 2 N–H and O–H groups in total. The Labute approximate surface area is 149 Å². The molecule has 25 heavy (non-hydrogen) atoms. The van der Waals surface area contributed by atoms with Gasteiger partial charge in [0.05, 0.1) is 6.54 Å². The second-order valence-corrected chi connectivity index (χ2v) is 6.37. The quantitative estimate of drug-likeness (QED) is 0.624. The Hall–Kier alpha value is -2.34. The summed E-state index contributed by atoms with van der Waals surface area (Å²) in [6, 6.07) is 13.0. The van der Waals surface area contributed by atoms with Crippen LogP contribution < -0.4 is 10.6 Å². The number of nitrogens with one attached hydrogen (secondary N) is 2. The molecule has 1 aliphatic rings. The molecule has 0 atom stereocenters. The highest BCUT2D eigenvalue weighted by Gasteiger charge is 2.20. The Morgan fingerprint density at radius 3 is 2.72 bits per heavy atom. The zero-order valence-corrected chi connectivity index (χ0v) is 14.8. The van der Waals surface area contributed by atoms with Gasteiger partial charge in [-0.05, 0) is 25.3 Å². The fraction of sp³-hybridized carbons (Fsp3) is 0.474. The second-order valence-electron chi connectivity index (χ2n) is 6.37. The molecule has 1 fully saturated rings. The predicted molar refractivity (Wildman–Crippen MR) is 99.2 cm³/mol. The Balaban J connectivity index is 1.46. The lowest BCUT2D eigenvalue weighted by Crippen LogP contribution is -2.48. The van der Waals surface area contributed by atoms with E-state index in [1.807, 2.05) is 6.07 Å². The maximum Gasteiger partial charge on any atom is 0.191 e. The average molecular weight is 341 g/mol. The van der Waals surface area contributed by atoms with Crippen LogP contribution in [0.25, 0.3) is 0 Å². The lowest BCUT2D eigenvalue weighted by molar-refractivity contribution is 0.198. The standard InChI is InChI=1S/C19H27N5O/c1-2-20-19(21-14-18-10-13-25-23-18)22-17-8-11-24(12-9-17)15-16-6-4-3-5-7-16/h3-7,10,13,17H,2,8-9,11-12,14-15H2,1H3,(H2,20,21,22). The number of guanidine groups is 1. The SMILES string of the molecule is CCNC(=NCc1ccon1)NC1CCN(Cc2ccccc2)CC1. The number of rotatable bonds is 6. The minimum atomic E-state index is 0.460. The second kappa shape index (κ2) is 9.22. The van der Waals surface area contributed by atoms with E-state index < -0.39 is 0 Å². The summed E-state index contributed by atoms with van der Waals surface area (Å²) in [6.07, 6.45) is 3.83. The third kappa shape index (κ3) is 5.60. The topological polar surface area (TPSA) is 65.7 Å². The molecule has 2 aromatic rings. The van der Waals surface area contributed by atoms with Gasteiger partial charge in [0.25, 0.3) is 0 Å². The van der Waals surface area contributed by atoms with Crippen LogP contribution in [0.3, 0.4) is 0 Å². The maximum absolute atomic E-state index is 4.85. The van der Waals surface area contributed by atoms with Crippen LogP contribution in [0.5, 0.6) is 0 Å². The first-order valence-corrected chi connectivity index (χ1v) is 9.04. The van der Waals surface area contributed by atoms with Crippen LogP contribution >= 0.6 is 0 Å². The van der Waals surface area contributed by atoms with Crippen molar-refractivity contribution in [1.82, 2.24) is 20.7 Å². The van der Waals surface area contributed by atoms with E-state index in [0.29, 0.717) is 12.6 Å². The Morgan fingerprint density at radius 2 is 2.04 bits per heavy atom. The van der Waals surface area contributed by atoms with E-state index in [-0.39, 0.29) is 0 Å². The van der Waals surface area contributed by atoms with E-state index in [4.69, 9.17) is 4.52 Å². The van der Waals surface area contributed by atoms with E-state index in [0.717, 1.165) is 50.7 Å². The van der Waals surface area contributed by atoms with Crippen molar-refractivity contribution in [3.63, 3.8) is 0 Å². The number of aliphatic imine (C=N–C) groups is 1. The molecule has 2 heterocycles. The monoisotopic (exact) mass is 341 g/mol. The molecule has 1 aromatic heterocycles. The fourth-order valence-electron chi connectivity index (χ4n) is 3.07. The number of piperidine rings is 1. The van der Waals surface area contributed by atoms with Gasteiger partial charge in [0.15, 0.2) is 5.96 Å². The van der Waals surface area contributed by atoms with Crippen molar-refractivity contribution in [2.75, 3.05) is 19.6 Å². The first-order chi connectivity index (χ1) is 12.3. The Bertz CT molecular complexity index is 633. The van der Waals surface area contributed by atoms with Crippen molar-refractivity contribution >= 4 is 5.96 Å². The molecule has 0 amide bonds. The summed E-state index contributed by atoms with van der Waals surface area (Å²) < 4.78 is 4.85. The number of aromatic nitrogens is 1. The smallest absolute Gasteiger partial charge is 0.191 e. The lowest BCUT2D eigenvalue weighted by Gasteiger charge is -2.33. The summed E-state index contributed by atoms with van der Waals surface area (Å²) in [5, 5.41) is 10.8. The molecule has 0 spiro atoms. The maximum atomic E-state index is 4.85. The molecule has 6 heteroatoms. The molecule has 1 saturated heterocycles. The minimum absolute atomic E-state index is 0.460. The van der Waals surface area contributed by atoms with Crippen molar-refractivity contribution in [2.45, 2.75) is 38.9 Å². The van der Waals surface area contributed by atoms with Gasteiger partial charge in [0.1, 0.15) is 12.0 Å². The first kappa shape index (κ1) is 17.5. The van der Waals surface area contributed by atoms with E-state index in [2.05, 4.69) is 62.9 Å². The summed E-state index contributed by atoms with van der Waals surface area (Å²) in [7, 11) is 0. The number of likely N-dealkylation sites (tertiary alicyclic amines) is 1. The summed E-state index contributed by atoms with van der Waals surface area (Å²) in [4.78, 5) is 7.12. The summed E-state index contributed by atoms with van der Waals surface area (Å²) in [5.41, 5.74) is 2.23. The van der Waals surface area contributed by atoms with E-state index >= 15 is 0 Å². The molecule has 1 aliphatic heterocycles. The van der Waals surface area contributed by atoms with Crippen LogP contribution in [0.4, 0.5) is 0 Å². The average Bonchev–Trinajstić information content (AvgIpc) is 3.16. The number of hydrogen-bond donors (Lipinski definition) is 2. The highest BCUT2D eigenvalue weighted by molar-refractivity contribution is 5.80. The van der Waals surface area contributed by atoms with Gasteiger partial charge >= 0.3 is 0 Å². The number of hydrogen-bond acceptors (Lipinski definition) is 4. The van der Waals surface area contributed by atoms with Crippen molar-refractivity contribution in [3.8, 4) is 0 Å². The number of nitrogens with zero attached hydrogens (tertiary/aromatic N) is 3. The molecule has 0 unspecified atom stereocenters. The van der Waals surface area contributed by atoms with E-state index in [1.165, 1.54) is 5.56 Å². The normalized spacial score (nSPS) is 16.8. The van der Waals surface area contributed by atoms with Crippen LogP contribution in [-0.2, 0) is 13.1 Å². The van der Waals surface area contributed by atoms with Crippen molar-refractivity contribution in [3.05, 3.63) is 53.9 Å². The third-order valence-electron chi connectivity index (χ3n) is 4.41. The van der Waals surface area contributed by atoms with Gasteiger partial charge in [-0.1, -0.05) is 35.5 Å². The zero-order chi connectivity index (χ0) is 17.3. The molecular formula is C19H27N5O. The fourth-order valence-corrected chi connectivity index (χ4v) is 3.07. The molecule has 134 valence electrons. The van der Waals surface area contributed by atoms with Gasteiger partial charge in [0, 0.05) is 38.3 Å². The molecule has 6 nitrogen and oxygen atoms in total. The molecule has 0 bridgehead atoms. The highest BCUT2D eigenvalue weighted by atomic mass is 16.5. The summed E-state index contributed by atoms with van der Waals surface area (Å²) in [6.45, 7) is 6.70. The van der Waals surface area contributed by atoms with Crippen molar-refractivity contribution in [1.29, 1.82) is 0 Å². The van der Waals surface area contributed by atoms with Gasteiger partial charge in [-0.15, -0.1) is 0 Å². The molecule has 0 aliphatic carbocycles.